The van der Waals surface area contributed by atoms with Crippen molar-refractivity contribution in [1.29, 1.82) is 0 Å². The Hall–Kier alpha value is -0.0600. The smallest absolute Gasteiger partial charge is 0.133 e. The zero-order valence-corrected chi connectivity index (χ0v) is 12.1. The maximum atomic E-state index is 6.08. The highest BCUT2D eigenvalue weighted by molar-refractivity contribution is 6.30. The molecule has 2 heterocycles. The van der Waals surface area contributed by atoms with E-state index in [4.69, 9.17) is 11.6 Å². The van der Waals surface area contributed by atoms with Gasteiger partial charge in [0.05, 0.1) is 0 Å². The SMILES string of the molecule is C[C@@H](c1cccnc1Cl)N1CCNCC1.Cl.Cl. The van der Waals surface area contributed by atoms with Gasteiger partial charge < -0.3 is 5.32 Å². The average Bonchev–Trinajstić information content (AvgIpc) is 2.30. The van der Waals surface area contributed by atoms with Crippen LogP contribution in [0.3, 0.4) is 0 Å². The molecule has 0 saturated carbocycles. The van der Waals surface area contributed by atoms with Crippen molar-refractivity contribution in [1.82, 2.24) is 15.2 Å². The average molecular weight is 299 g/mol. The van der Waals surface area contributed by atoms with Crippen LogP contribution in [0.1, 0.15) is 18.5 Å². The summed E-state index contributed by atoms with van der Waals surface area (Å²) in [4.78, 5) is 6.55. The van der Waals surface area contributed by atoms with E-state index in [9.17, 15) is 0 Å². The van der Waals surface area contributed by atoms with Crippen molar-refractivity contribution in [3.05, 3.63) is 29.0 Å². The van der Waals surface area contributed by atoms with Crippen LogP contribution in [0.25, 0.3) is 0 Å². The Morgan fingerprint density at radius 3 is 2.59 bits per heavy atom. The van der Waals surface area contributed by atoms with E-state index in [1.807, 2.05) is 6.07 Å². The highest BCUT2D eigenvalue weighted by atomic mass is 35.5. The van der Waals surface area contributed by atoms with Gasteiger partial charge in [0.15, 0.2) is 0 Å². The highest BCUT2D eigenvalue weighted by Gasteiger charge is 2.19. The van der Waals surface area contributed by atoms with Crippen LogP contribution in [0, 0.1) is 0 Å². The third-order valence-electron chi connectivity index (χ3n) is 2.94. The summed E-state index contributed by atoms with van der Waals surface area (Å²) in [5.74, 6) is 0. The first-order valence-corrected chi connectivity index (χ1v) is 5.72. The van der Waals surface area contributed by atoms with E-state index in [-0.39, 0.29) is 24.8 Å². The lowest BCUT2D eigenvalue weighted by atomic mass is 10.1. The van der Waals surface area contributed by atoms with E-state index < -0.39 is 0 Å². The third kappa shape index (κ3) is 4.27. The van der Waals surface area contributed by atoms with Gasteiger partial charge in [0.25, 0.3) is 0 Å². The number of piperazine rings is 1. The van der Waals surface area contributed by atoms with E-state index in [1.54, 1.807) is 6.20 Å². The second-order valence-electron chi connectivity index (χ2n) is 3.85. The molecule has 0 aromatic carbocycles. The summed E-state index contributed by atoms with van der Waals surface area (Å²) in [6.07, 6.45) is 1.73. The number of hydrogen-bond donors (Lipinski definition) is 1. The monoisotopic (exact) mass is 297 g/mol. The molecule has 1 aromatic rings. The zero-order chi connectivity index (χ0) is 10.7. The van der Waals surface area contributed by atoms with E-state index >= 15 is 0 Å². The molecular formula is C11H18Cl3N3. The lowest BCUT2D eigenvalue weighted by molar-refractivity contribution is 0.185. The minimum absolute atomic E-state index is 0. The van der Waals surface area contributed by atoms with Gasteiger partial charge >= 0.3 is 0 Å². The lowest BCUT2D eigenvalue weighted by Gasteiger charge is -2.33. The largest absolute Gasteiger partial charge is 0.314 e. The van der Waals surface area contributed by atoms with E-state index in [0.29, 0.717) is 11.2 Å². The van der Waals surface area contributed by atoms with Crippen LogP contribution >= 0.6 is 36.4 Å². The summed E-state index contributed by atoms with van der Waals surface area (Å²) in [5.41, 5.74) is 1.13. The molecule has 0 spiro atoms. The van der Waals surface area contributed by atoms with Crippen LogP contribution in [0.4, 0.5) is 0 Å². The minimum atomic E-state index is 0. The molecular weight excluding hydrogens is 281 g/mol. The number of aromatic nitrogens is 1. The molecule has 17 heavy (non-hydrogen) atoms. The van der Waals surface area contributed by atoms with Crippen LogP contribution in [0.5, 0.6) is 0 Å². The molecule has 1 atom stereocenters. The van der Waals surface area contributed by atoms with Gasteiger partial charge in [-0.25, -0.2) is 4.98 Å². The fourth-order valence-electron chi connectivity index (χ4n) is 1.98. The second kappa shape index (κ2) is 8.11. The van der Waals surface area contributed by atoms with Crippen LogP contribution in [0.15, 0.2) is 18.3 Å². The summed E-state index contributed by atoms with van der Waals surface area (Å²) in [6, 6.07) is 4.36. The molecule has 0 unspecified atom stereocenters. The summed E-state index contributed by atoms with van der Waals surface area (Å²) < 4.78 is 0. The molecule has 6 heteroatoms. The lowest BCUT2D eigenvalue weighted by Crippen LogP contribution is -2.44. The molecule has 0 aliphatic carbocycles. The number of pyridine rings is 1. The molecule has 1 aliphatic rings. The van der Waals surface area contributed by atoms with Crippen molar-refractivity contribution in [3.63, 3.8) is 0 Å². The standard InChI is InChI=1S/C11H16ClN3.2ClH/c1-9(15-7-5-13-6-8-15)10-3-2-4-14-11(10)12;;/h2-4,9,13H,5-8H2,1H3;2*1H/t9-;;/m0../s1. The number of rotatable bonds is 2. The van der Waals surface area contributed by atoms with Crippen LogP contribution in [-0.2, 0) is 0 Å². The van der Waals surface area contributed by atoms with Crippen molar-refractivity contribution in [3.8, 4) is 0 Å². The normalized spacial score (nSPS) is 17.8. The summed E-state index contributed by atoms with van der Waals surface area (Å²) in [5, 5.41) is 3.97. The molecule has 1 aromatic heterocycles. The first-order chi connectivity index (χ1) is 7.29. The molecule has 3 nitrogen and oxygen atoms in total. The van der Waals surface area contributed by atoms with Gasteiger partial charge in [0, 0.05) is 44.0 Å². The molecule has 98 valence electrons. The predicted octanol–water partition coefficient (Wildman–Crippen LogP) is 2.54. The van der Waals surface area contributed by atoms with E-state index in [0.717, 1.165) is 31.7 Å². The second-order valence-corrected chi connectivity index (χ2v) is 4.20. The topological polar surface area (TPSA) is 28.2 Å². The fourth-order valence-corrected chi connectivity index (χ4v) is 2.25. The van der Waals surface area contributed by atoms with Gasteiger partial charge in [0.2, 0.25) is 0 Å². The number of hydrogen-bond acceptors (Lipinski definition) is 3. The van der Waals surface area contributed by atoms with Gasteiger partial charge in [-0.15, -0.1) is 24.8 Å². The third-order valence-corrected chi connectivity index (χ3v) is 3.25. The summed E-state index contributed by atoms with van der Waals surface area (Å²) >= 11 is 6.08. The molecule has 1 N–H and O–H groups in total. The van der Waals surface area contributed by atoms with Crippen molar-refractivity contribution in [2.75, 3.05) is 26.2 Å². The number of halogens is 3. The predicted molar refractivity (Wildman–Crippen MR) is 76.6 cm³/mol. The zero-order valence-electron chi connectivity index (χ0n) is 9.73. The van der Waals surface area contributed by atoms with Crippen molar-refractivity contribution >= 4 is 36.4 Å². The van der Waals surface area contributed by atoms with Crippen LogP contribution in [0.2, 0.25) is 5.15 Å². The molecule has 0 radical (unpaired) electrons. The molecule has 0 bridgehead atoms. The highest BCUT2D eigenvalue weighted by Crippen LogP contribution is 2.25. The van der Waals surface area contributed by atoms with E-state index in [1.165, 1.54) is 0 Å². The molecule has 1 saturated heterocycles. The molecule has 2 rings (SSSR count). The fraction of sp³-hybridized carbons (Fsp3) is 0.545. The Morgan fingerprint density at radius 2 is 2.00 bits per heavy atom. The number of nitrogens with one attached hydrogen (secondary N) is 1. The van der Waals surface area contributed by atoms with Gasteiger partial charge in [-0.2, -0.15) is 0 Å². The first kappa shape index (κ1) is 16.9. The van der Waals surface area contributed by atoms with E-state index in [2.05, 4.69) is 28.2 Å². The molecule has 1 fully saturated rings. The van der Waals surface area contributed by atoms with Crippen molar-refractivity contribution < 1.29 is 0 Å². The maximum absolute atomic E-state index is 6.08. The van der Waals surface area contributed by atoms with Gasteiger partial charge in [0.1, 0.15) is 5.15 Å². The van der Waals surface area contributed by atoms with Crippen LogP contribution in [-0.4, -0.2) is 36.1 Å². The Kier molecular flexibility index (Phi) is 8.09. The first-order valence-electron chi connectivity index (χ1n) is 5.34. The Bertz CT molecular complexity index is 329. The van der Waals surface area contributed by atoms with Crippen molar-refractivity contribution in [2.24, 2.45) is 0 Å². The Labute approximate surface area is 120 Å². The summed E-state index contributed by atoms with van der Waals surface area (Å²) in [7, 11) is 0. The van der Waals surface area contributed by atoms with Crippen molar-refractivity contribution in [2.45, 2.75) is 13.0 Å². The summed E-state index contributed by atoms with van der Waals surface area (Å²) in [6.45, 7) is 6.46. The maximum Gasteiger partial charge on any atom is 0.133 e. The quantitative estimate of drug-likeness (QED) is 0.851. The van der Waals surface area contributed by atoms with Gasteiger partial charge in [-0.3, -0.25) is 4.90 Å². The number of nitrogens with zero attached hydrogens (tertiary/aromatic N) is 2. The van der Waals surface area contributed by atoms with Gasteiger partial charge in [-0.1, -0.05) is 17.7 Å². The Balaban J connectivity index is 0.00000128. The molecule has 0 amide bonds. The Morgan fingerprint density at radius 1 is 1.35 bits per heavy atom. The van der Waals surface area contributed by atoms with Gasteiger partial charge in [-0.05, 0) is 13.0 Å². The molecule has 1 aliphatic heterocycles. The van der Waals surface area contributed by atoms with Crippen LogP contribution < -0.4 is 5.32 Å². The minimum Gasteiger partial charge on any atom is -0.314 e.